The van der Waals surface area contributed by atoms with Gasteiger partial charge < -0.3 is 5.11 Å². The lowest BCUT2D eigenvalue weighted by atomic mass is 9.97. The molecule has 2 heterocycles. The molecule has 1 saturated heterocycles. The number of carboxylic acid groups (broad SMARTS) is 1. The molecular weight excluding hydrogens is 284 g/mol. The lowest BCUT2D eigenvalue weighted by Crippen LogP contribution is -2.20. The Morgan fingerprint density at radius 3 is 3.10 bits per heavy atom. The minimum absolute atomic E-state index is 0.381. The zero-order chi connectivity index (χ0) is 14.7. The predicted octanol–water partition coefficient (Wildman–Crippen LogP) is 2.91. The summed E-state index contributed by atoms with van der Waals surface area (Å²) in [5.74, 6) is -0.240. The van der Waals surface area contributed by atoms with E-state index in [0.29, 0.717) is 11.5 Å². The normalized spacial score (nSPS) is 19.0. The minimum Gasteiger partial charge on any atom is -0.478 e. The highest BCUT2D eigenvalue weighted by atomic mass is 32.1. The summed E-state index contributed by atoms with van der Waals surface area (Å²) < 4.78 is 4.14. The van der Waals surface area contributed by atoms with Gasteiger partial charge in [0.05, 0.1) is 5.56 Å². The van der Waals surface area contributed by atoms with Crippen molar-refractivity contribution in [2.75, 3.05) is 13.1 Å². The van der Waals surface area contributed by atoms with Gasteiger partial charge in [-0.15, -0.1) is 0 Å². The van der Waals surface area contributed by atoms with E-state index in [2.05, 4.69) is 14.7 Å². The van der Waals surface area contributed by atoms with E-state index in [9.17, 15) is 4.79 Å². The molecule has 0 bridgehead atoms. The van der Waals surface area contributed by atoms with E-state index < -0.39 is 5.97 Å². The van der Waals surface area contributed by atoms with Gasteiger partial charge in [0.1, 0.15) is 0 Å². The van der Waals surface area contributed by atoms with Crippen LogP contribution in [0.4, 0.5) is 0 Å². The summed E-state index contributed by atoms with van der Waals surface area (Å²) in [6.07, 6.45) is 4.07. The fourth-order valence-corrected chi connectivity index (χ4v) is 3.48. The van der Waals surface area contributed by atoms with Gasteiger partial charge in [-0.3, -0.25) is 4.90 Å². The standard InChI is InChI=1S/C16H18N2O2S/c19-16(20)15-3-1-2-12(7-15)6-13-4-5-18(9-13)10-14-8-17-21-11-14/h1-3,7-8,11,13H,4-6,9-10H2,(H,19,20). The summed E-state index contributed by atoms with van der Waals surface area (Å²) in [5, 5.41) is 11.1. The van der Waals surface area contributed by atoms with E-state index in [1.807, 2.05) is 18.3 Å². The second-order valence-electron chi connectivity index (χ2n) is 5.63. The summed E-state index contributed by atoms with van der Waals surface area (Å²) in [5.41, 5.74) is 2.79. The molecule has 1 unspecified atom stereocenters. The molecule has 1 atom stereocenters. The average molecular weight is 302 g/mol. The van der Waals surface area contributed by atoms with Crippen molar-refractivity contribution in [3.05, 3.63) is 52.5 Å². The van der Waals surface area contributed by atoms with Crippen LogP contribution in [0.2, 0.25) is 0 Å². The molecule has 1 N–H and O–H groups in total. The van der Waals surface area contributed by atoms with Crippen LogP contribution in [0, 0.1) is 5.92 Å². The van der Waals surface area contributed by atoms with Gasteiger partial charge in [0.25, 0.3) is 0 Å². The fraction of sp³-hybridized carbons (Fsp3) is 0.375. The maximum Gasteiger partial charge on any atom is 0.335 e. The Kier molecular flexibility index (Phi) is 4.31. The number of hydrogen-bond donors (Lipinski definition) is 1. The summed E-state index contributed by atoms with van der Waals surface area (Å²) >= 11 is 1.50. The lowest BCUT2D eigenvalue weighted by Gasteiger charge is -2.15. The molecule has 0 amide bonds. The Bertz CT molecular complexity index is 612. The number of nitrogens with zero attached hydrogens (tertiary/aromatic N) is 2. The van der Waals surface area contributed by atoms with Gasteiger partial charge in [-0.2, -0.15) is 0 Å². The van der Waals surface area contributed by atoms with Crippen molar-refractivity contribution in [2.24, 2.45) is 5.92 Å². The summed E-state index contributed by atoms with van der Waals surface area (Å²) in [7, 11) is 0. The number of carbonyl (C=O) groups is 1. The highest BCUT2D eigenvalue weighted by molar-refractivity contribution is 7.03. The highest BCUT2D eigenvalue weighted by Gasteiger charge is 2.23. The van der Waals surface area contributed by atoms with E-state index in [0.717, 1.165) is 31.6 Å². The third-order valence-electron chi connectivity index (χ3n) is 3.96. The lowest BCUT2D eigenvalue weighted by molar-refractivity contribution is 0.0696. The Balaban J connectivity index is 1.57. The first-order valence-electron chi connectivity index (χ1n) is 7.13. The van der Waals surface area contributed by atoms with Gasteiger partial charge in [-0.05, 0) is 60.1 Å². The largest absolute Gasteiger partial charge is 0.478 e. The molecule has 1 fully saturated rings. The number of hydrogen-bond acceptors (Lipinski definition) is 4. The Morgan fingerprint density at radius 2 is 2.33 bits per heavy atom. The second-order valence-corrected chi connectivity index (χ2v) is 6.29. The first-order chi connectivity index (χ1) is 10.2. The molecule has 0 aliphatic carbocycles. The van der Waals surface area contributed by atoms with Crippen LogP contribution in [0.15, 0.2) is 35.8 Å². The molecule has 0 radical (unpaired) electrons. The van der Waals surface area contributed by atoms with Gasteiger partial charge in [0, 0.05) is 24.7 Å². The number of aromatic carboxylic acids is 1. The molecule has 0 saturated carbocycles. The zero-order valence-electron chi connectivity index (χ0n) is 11.7. The predicted molar refractivity (Wildman–Crippen MR) is 82.6 cm³/mol. The molecule has 2 aromatic rings. The van der Waals surface area contributed by atoms with Gasteiger partial charge in [-0.25, -0.2) is 9.17 Å². The van der Waals surface area contributed by atoms with Crippen LogP contribution >= 0.6 is 11.5 Å². The van der Waals surface area contributed by atoms with E-state index in [1.165, 1.54) is 23.5 Å². The molecule has 110 valence electrons. The number of aromatic nitrogens is 1. The maximum absolute atomic E-state index is 11.0. The zero-order valence-corrected chi connectivity index (χ0v) is 12.6. The minimum atomic E-state index is -0.852. The molecule has 21 heavy (non-hydrogen) atoms. The van der Waals surface area contributed by atoms with E-state index >= 15 is 0 Å². The van der Waals surface area contributed by atoms with Crippen LogP contribution in [-0.2, 0) is 13.0 Å². The number of rotatable bonds is 5. The molecule has 1 aromatic heterocycles. The maximum atomic E-state index is 11.0. The van der Waals surface area contributed by atoms with E-state index in [4.69, 9.17) is 5.11 Å². The monoisotopic (exact) mass is 302 g/mol. The fourth-order valence-electron chi connectivity index (χ4n) is 2.95. The van der Waals surface area contributed by atoms with Crippen LogP contribution in [-0.4, -0.2) is 33.4 Å². The Morgan fingerprint density at radius 1 is 1.43 bits per heavy atom. The molecule has 0 spiro atoms. The summed E-state index contributed by atoms with van der Waals surface area (Å²) in [6.45, 7) is 3.16. The van der Waals surface area contributed by atoms with Crippen LogP contribution in [0.5, 0.6) is 0 Å². The molecule has 4 nitrogen and oxygen atoms in total. The average Bonchev–Trinajstić information content (AvgIpc) is 3.12. The van der Waals surface area contributed by atoms with Crippen molar-refractivity contribution in [3.8, 4) is 0 Å². The number of benzene rings is 1. The van der Waals surface area contributed by atoms with Gasteiger partial charge >= 0.3 is 5.97 Å². The topological polar surface area (TPSA) is 53.4 Å². The number of likely N-dealkylation sites (tertiary alicyclic amines) is 1. The third kappa shape index (κ3) is 3.68. The van der Waals surface area contributed by atoms with Crippen LogP contribution in [0.25, 0.3) is 0 Å². The van der Waals surface area contributed by atoms with Gasteiger partial charge in [-0.1, -0.05) is 12.1 Å². The number of carboxylic acids is 1. The Hall–Kier alpha value is -1.72. The van der Waals surface area contributed by atoms with E-state index in [1.54, 1.807) is 12.1 Å². The first kappa shape index (κ1) is 14.2. The highest BCUT2D eigenvalue weighted by Crippen LogP contribution is 2.23. The Labute approximate surface area is 128 Å². The van der Waals surface area contributed by atoms with Gasteiger partial charge in [0.2, 0.25) is 0 Å². The van der Waals surface area contributed by atoms with Crippen molar-refractivity contribution >= 4 is 17.5 Å². The van der Waals surface area contributed by atoms with Crippen molar-refractivity contribution < 1.29 is 9.90 Å². The van der Waals surface area contributed by atoms with Crippen LogP contribution in [0.3, 0.4) is 0 Å². The quantitative estimate of drug-likeness (QED) is 0.922. The summed E-state index contributed by atoms with van der Waals surface area (Å²) in [6, 6.07) is 7.31. The second kappa shape index (κ2) is 6.37. The molecule has 1 aliphatic rings. The summed E-state index contributed by atoms with van der Waals surface area (Å²) in [4.78, 5) is 13.5. The van der Waals surface area contributed by atoms with Crippen molar-refractivity contribution in [1.82, 2.24) is 9.27 Å². The molecule has 1 aromatic carbocycles. The molecule has 5 heteroatoms. The molecular formula is C16H18N2O2S. The van der Waals surface area contributed by atoms with Crippen LogP contribution in [0.1, 0.15) is 27.9 Å². The smallest absolute Gasteiger partial charge is 0.335 e. The van der Waals surface area contributed by atoms with Gasteiger partial charge in [0.15, 0.2) is 0 Å². The van der Waals surface area contributed by atoms with Crippen LogP contribution < -0.4 is 0 Å². The van der Waals surface area contributed by atoms with Crippen molar-refractivity contribution in [1.29, 1.82) is 0 Å². The van der Waals surface area contributed by atoms with Crippen molar-refractivity contribution in [3.63, 3.8) is 0 Å². The van der Waals surface area contributed by atoms with Crippen molar-refractivity contribution in [2.45, 2.75) is 19.4 Å². The third-order valence-corrected chi connectivity index (χ3v) is 4.59. The molecule has 1 aliphatic heterocycles. The SMILES string of the molecule is O=C(O)c1cccc(CC2CCN(Cc3cnsc3)C2)c1. The molecule has 3 rings (SSSR count). The van der Waals surface area contributed by atoms with E-state index in [-0.39, 0.29) is 0 Å². The first-order valence-corrected chi connectivity index (χ1v) is 7.97.